The van der Waals surface area contributed by atoms with Crippen LogP contribution in [-0.2, 0) is 6.54 Å². The minimum absolute atomic E-state index is 0.0670. The number of halogens is 1. The van der Waals surface area contributed by atoms with Crippen LogP contribution < -0.4 is 10.6 Å². The molecule has 0 saturated carbocycles. The molecule has 0 radical (unpaired) electrons. The smallest absolute Gasteiger partial charge is 0.319 e. The number of nitrogens with one attached hydrogen (secondary N) is 2. The number of rotatable bonds is 3. The molecule has 3 nitrogen and oxygen atoms in total. The van der Waals surface area contributed by atoms with Crippen molar-refractivity contribution in [1.29, 1.82) is 0 Å². The van der Waals surface area contributed by atoms with E-state index in [4.69, 9.17) is 0 Å². The molecule has 0 bridgehead atoms. The highest BCUT2D eigenvalue weighted by Crippen LogP contribution is 2.13. The lowest BCUT2D eigenvalue weighted by Gasteiger charge is -2.11. The standard InChI is InChI=1S/C14H19BrN2O/c1-14(2,3)7-8-16-13(18)17-10-11-5-4-6-12(15)9-11/h4-9H,10H2,1-3H3,(H2,16,17,18)/b8-7+. The van der Waals surface area contributed by atoms with E-state index >= 15 is 0 Å². The quantitative estimate of drug-likeness (QED) is 0.875. The number of urea groups is 1. The van der Waals surface area contributed by atoms with Crippen LogP contribution in [0.5, 0.6) is 0 Å². The molecule has 0 aliphatic rings. The molecule has 0 spiro atoms. The summed E-state index contributed by atoms with van der Waals surface area (Å²) in [5, 5.41) is 5.47. The van der Waals surface area contributed by atoms with Crippen molar-refractivity contribution in [2.24, 2.45) is 5.41 Å². The van der Waals surface area contributed by atoms with Gasteiger partial charge >= 0.3 is 6.03 Å². The molecule has 0 fully saturated rings. The first-order valence-corrected chi connectivity index (χ1v) is 6.63. The van der Waals surface area contributed by atoms with Crippen LogP contribution in [0.15, 0.2) is 41.0 Å². The first-order valence-electron chi connectivity index (χ1n) is 5.83. The van der Waals surface area contributed by atoms with Gasteiger partial charge in [0.25, 0.3) is 0 Å². The van der Waals surface area contributed by atoms with Crippen LogP contribution in [0, 0.1) is 5.41 Å². The maximum atomic E-state index is 11.5. The molecule has 1 rings (SSSR count). The zero-order valence-corrected chi connectivity index (χ0v) is 12.5. The third kappa shape index (κ3) is 6.45. The molecule has 4 heteroatoms. The van der Waals surface area contributed by atoms with Crippen LogP contribution >= 0.6 is 15.9 Å². The van der Waals surface area contributed by atoms with Crippen LogP contribution in [0.4, 0.5) is 4.79 Å². The molecule has 0 unspecified atom stereocenters. The molecule has 0 aliphatic heterocycles. The van der Waals surface area contributed by atoms with Crippen molar-refractivity contribution in [3.8, 4) is 0 Å². The molecular weight excluding hydrogens is 292 g/mol. The van der Waals surface area contributed by atoms with Crippen LogP contribution in [0.1, 0.15) is 26.3 Å². The van der Waals surface area contributed by atoms with Crippen molar-refractivity contribution in [2.75, 3.05) is 0 Å². The maximum Gasteiger partial charge on any atom is 0.319 e. The Bertz CT molecular complexity index is 436. The van der Waals surface area contributed by atoms with Crippen LogP contribution in [-0.4, -0.2) is 6.03 Å². The predicted octanol–water partition coefficient (Wildman–Crippen LogP) is 3.81. The normalized spacial score (nSPS) is 11.6. The van der Waals surface area contributed by atoms with E-state index in [2.05, 4.69) is 47.3 Å². The molecule has 98 valence electrons. The lowest BCUT2D eigenvalue weighted by Crippen LogP contribution is -2.31. The summed E-state index contributed by atoms with van der Waals surface area (Å²) in [6.45, 7) is 6.73. The van der Waals surface area contributed by atoms with Gasteiger partial charge in [-0.1, -0.05) is 54.9 Å². The molecule has 1 aromatic rings. The summed E-state index contributed by atoms with van der Waals surface area (Å²) in [4.78, 5) is 11.5. The highest BCUT2D eigenvalue weighted by atomic mass is 79.9. The van der Waals surface area contributed by atoms with Crippen molar-refractivity contribution in [1.82, 2.24) is 10.6 Å². The topological polar surface area (TPSA) is 41.1 Å². The average Bonchev–Trinajstić information content (AvgIpc) is 2.25. The Morgan fingerprint density at radius 2 is 2.11 bits per heavy atom. The summed E-state index contributed by atoms with van der Waals surface area (Å²) in [5.74, 6) is 0. The van der Waals surface area contributed by atoms with Gasteiger partial charge in [0.05, 0.1) is 0 Å². The summed E-state index contributed by atoms with van der Waals surface area (Å²) in [6, 6.07) is 7.64. The van der Waals surface area contributed by atoms with E-state index in [9.17, 15) is 4.79 Å². The van der Waals surface area contributed by atoms with E-state index in [1.807, 2.05) is 30.3 Å². The SMILES string of the molecule is CC(C)(C)/C=C/NC(=O)NCc1cccc(Br)c1. The van der Waals surface area contributed by atoms with Crippen molar-refractivity contribution < 1.29 is 4.79 Å². The zero-order chi connectivity index (χ0) is 13.6. The Morgan fingerprint density at radius 1 is 1.39 bits per heavy atom. The molecule has 1 aromatic carbocycles. The van der Waals surface area contributed by atoms with Crippen molar-refractivity contribution in [3.05, 3.63) is 46.6 Å². The van der Waals surface area contributed by atoms with Gasteiger partial charge in [-0.3, -0.25) is 0 Å². The molecule has 0 heterocycles. The predicted molar refractivity (Wildman–Crippen MR) is 78.1 cm³/mol. The van der Waals surface area contributed by atoms with Gasteiger partial charge in [-0.05, 0) is 23.1 Å². The number of carbonyl (C=O) groups excluding carboxylic acids is 1. The highest BCUT2D eigenvalue weighted by Gasteiger charge is 2.04. The van der Waals surface area contributed by atoms with Crippen LogP contribution in [0.2, 0.25) is 0 Å². The molecule has 2 amide bonds. The minimum Gasteiger partial charge on any atom is -0.334 e. The number of amides is 2. The Morgan fingerprint density at radius 3 is 2.72 bits per heavy atom. The fourth-order valence-electron chi connectivity index (χ4n) is 1.25. The van der Waals surface area contributed by atoms with Crippen molar-refractivity contribution >= 4 is 22.0 Å². The number of allylic oxidation sites excluding steroid dienone is 1. The second kappa shape index (κ2) is 6.59. The molecule has 2 N–H and O–H groups in total. The molecule has 0 atom stereocenters. The van der Waals surface area contributed by atoms with Gasteiger partial charge in [0.15, 0.2) is 0 Å². The third-order valence-electron chi connectivity index (χ3n) is 2.14. The second-order valence-corrected chi connectivity index (χ2v) is 6.07. The van der Waals surface area contributed by atoms with E-state index in [1.54, 1.807) is 6.20 Å². The molecule has 0 saturated heterocycles. The Kier molecular flexibility index (Phi) is 5.41. The zero-order valence-electron chi connectivity index (χ0n) is 11.0. The Hall–Kier alpha value is -1.29. The molecule has 0 aromatic heterocycles. The van der Waals surface area contributed by atoms with E-state index in [-0.39, 0.29) is 11.4 Å². The van der Waals surface area contributed by atoms with E-state index in [0.29, 0.717) is 6.54 Å². The Balaban J connectivity index is 2.36. The van der Waals surface area contributed by atoms with E-state index in [1.165, 1.54) is 0 Å². The van der Waals surface area contributed by atoms with Crippen molar-refractivity contribution in [3.63, 3.8) is 0 Å². The number of carbonyl (C=O) groups is 1. The van der Waals surface area contributed by atoms with Gasteiger partial charge in [-0.2, -0.15) is 0 Å². The first-order chi connectivity index (χ1) is 8.37. The summed E-state index contributed by atoms with van der Waals surface area (Å²) in [5.41, 5.74) is 1.12. The fraction of sp³-hybridized carbons (Fsp3) is 0.357. The second-order valence-electron chi connectivity index (χ2n) is 5.16. The van der Waals surface area contributed by atoms with Crippen molar-refractivity contribution in [2.45, 2.75) is 27.3 Å². The summed E-state index contributed by atoms with van der Waals surface area (Å²) < 4.78 is 1.01. The molecule has 0 aliphatic carbocycles. The minimum atomic E-state index is -0.199. The van der Waals surface area contributed by atoms with Gasteiger partial charge < -0.3 is 10.6 Å². The summed E-state index contributed by atoms with van der Waals surface area (Å²) in [7, 11) is 0. The number of hydrogen-bond acceptors (Lipinski definition) is 1. The maximum absolute atomic E-state index is 11.5. The molecule has 18 heavy (non-hydrogen) atoms. The van der Waals surface area contributed by atoms with E-state index < -0.39 is 0 Å². The average molecular weight is 311 g/mol. The molecular formula is C14H19BrN2O. The number of benzene rings is 1. The van der Waals surface area contributed by atoms with Gasteiger partial charge in [0.1, 0.15) is 0 Å². The van der Waals surface area contributed by atoms with Gasteiger partial charge in [-0.15, -0.1) is 0 Å². The van der Waals surface area contributed by atoms with Gasteiger partial charge in [-0.25, -0.2) is 4.79 Å². The monoisotopic (exact) mass is 310 g/mol. The lowest BCUT2D eigenvalue weighted by atomic mass is 9.97. The third-order valence-corrected chi connectivity index (χ3v) is 2.63. The Labute approximate surface area is 117 Å². The van der Waals surface area contributed by atoms with Crippen LogP contribution in [0.25, 0.3) is 0 Å². The van der Waals surface area contributed by atoms with Gasteiger partial charge in [0.2, 0.25) is 0 Å². The highest BCUT2D eigenvalue weighted by molar-refractivity contribution is 9.10. The van der Waals surface area contributed by atoms with E-state index in [0.717, 1.165) is 10.0 Å². The fourth-order valence-corrected chi connectivity index (χ4v) is 1.69. The van der Waals surface area contributed by atoms with Crippen LogP contribution in [0.3, 0.4) is 0 Å². The summed E-state index contributed by atoms with van der Waals surface area (Å²) >= 11 is 3.39. The first kappa shape index (κ1) is 14.8. The number of hydrogen-bond donors (Lipinski definition) is 2. The lowest BCUT2D eigenvalue weighted by molar-refractivity contribution is 0.243. The largest absolute Gasteiger partial charge is 0.334 e. The van der Waals surface area contributed by atoms with Gasteiger partial charge in [0, 0.05) is 17.2 Å². The summed E-state index contributed by atoms with van der Waals surface area (Å²) in [6.07, 6.45) is 3.63.